The number of hydrogen-bond acceptors (Lipinski definition) is 3. The Morgan fingerprint density at radius 1 is 1.00 bits per heavy atom. The highest BCUT2D eigenvalue weighted by molar-refractivity contribution is 6.00. The molecule has 23 heavy (non-hydrogen) atoms. The molecule has 0 saturated heterocycles. The third-order valence-corrected chi connectivity index (χ3v) is 3.17. The molecule has 0 aromatic heterocycles. The maximum atomic E-state index is 12.3. The van der Waals surface area contributed by atoms with Gasteiger partial charge in [0, 0.05) is 6.92 Å². The molecule has 0 aliphatic carbocycles. The summed E-state index contributed by atoms with van der Waals surface area (Å²) in [7, 11) is 0. The number of nitrogens with one attached hydrogen (secondary N) is 2. The highest BCUT2D eigenvalue weighted by Gasteiger charge is 2.16. The van der Waals surface area contributed by atoms with Crippen LogP contribution in [0.1, 0.15) is 19.4 Å². The van der Waals surface area contributed by atoms with Crippen LogP contribution in [0.15, 0.2) is 48.5 Å². The van der Waals surface area contributed by atoms with Crippen molar-refractivity contribution in [3.8, 4) is 5.75 Å². The van der Waals surface area contributed by atoms with E-state index in [1.54, 1.807) is 31.2 Å². The Kier molecular flexibility index (Phi) is 5.36. The minimum absolute atomic E-state index is 0.198. The van der Waals surface area contributed by atoms with Crippen LogP contribution >= 0.6 is 0 Å². The molecule has 5 heteroatoms. The van der Waals surface area contributed by atoms with Crippen LogP contribution in [0, 0.1) is 6.92 Å². The number of aryl methyl sites for hydroxylation is 1. The summed E-state index contributed by atoms with van der Waals surface area (Å²) in [5.41, 5.74) is 2.15. The number of para-hydroxylation sites is 2. The van der Waals surface area contributed by atoms with Crippen LogP contribution in [-0.2, 0) is 9.59 Å². The lowest BCUT2D eigenvalue weighted by molar-refractivity contribution is -0.122. The molecular weight excluding hydrogens is 292 g/mol. The minimum atomic E-state index is -0.665. The lowest BCUT2D eigenvalue weighted by Crippen LogP contribution is -2.30. The molecule has 2 rings (SSSR count). The molecule has 0 radical (unpaired) electrons. The van der Waals surface area contributed by atoms with E-state index < -0.39 is 6.10 Å². The first-order chi connectivity index (χ1) is 11.0. The number of hydrogen-bond donors (Lipinski definition) is 2. The molecule has 0 saturated carbocycles. The van der Waals surface area contributed by atoms with E-state index in [4.69, 9.17) is 4.74 Å². The summed E-state index contributed by atoms with van der Waals surface area (Å²) < 4.78 is 5.65. The van der Waals surface area contributed by atoms with E-state index in [1.165, 1.54) is 6.92 Å². The van der Waals surface area contributed by atoms with Gasteiger partial charge in [-0.05, 0) is 43.7 Å². The average molecular weight is 312 g/mol. The maximum Gasteiger partial charge on any atom is 0.265 e. The molecule has 0 heterocycles. The van der Waals surface area contributed by atoms with Crippen molar-refractivity contribution >= 4 is 23.2 Å². The first kappa shape index (κ1) is 16.5. The summed E-state index contributed by atoms with van der Waals surface area (Å²) in [5.74, 6) is 0.155. The van der Waals surface area contributed by atoms with Crippen LogP contribution in [0.2, 0.25) is 0 Å². The van der Waals surface area contributed by atoms with Crippen molar-refractivity contribution in [1.29, 1.82) is 0 Å². The van der Waals surface area contributed by atoms with Gasteiger partial charge in [-0.15, -0.1) is 0 Å². The van der Waals surface area contributed by atoms with Gasteiger partial charge in [0.2, 0.25) is 5.91 Å². The van der Waals surface area contributed by atoms with Crippen molar-refractivity contribution in [2.45, 2.75) is 26.9 Å². The van der Waals surface area contributed by atoms with Gasteiger partial charge < -0.3 is 15.4 Å². The topological polar surface area (TPSA) is 67.4 Å². The van der Waals surface area contributed by atoms with Crippen molar-refractivity contribution in [3.63, 3.8) is 0 Å². The average Bonchev–Trinajstić information content (AvgIpc) is 2.48. The number of anilines is 2. The molecular formula is C18H20N2O3. The molecule has 0 bridgehead atoms. The minimum Gasteiger partial charge on any atom is -0.481 e. The number of carbonyl (C=O) groups is 2. The Labute approximate surface area is 135 Å². The molecule has 0 aliphatic rings. The van der Waals surface area contributed by atoms with Gasteiger partial charge in [-0.1, -0.05) is 24.3 Å². The first-order valence-corrected chi connectivity index (χ1v) is 7.36. The van der Waals surface area contributed by atoms with Gasteiger partial charge in [0.05, 0.1) is 11.4 Å². The number of rotatable bonds is 5. The van der Waals surface area contributed by atoms with Gasteiger partial charge in [0.1, 0.15) is 5.75 Å². The van der Waals surface area contributed by atoms with E-state index in [9.17, 15) is 9.59 Å². The number of carbonyl (C=O) groups excluding carboxylic acids is 2. The first-order valence-electron chi connectivity index (χ1n) is 7.36. The second-order valence-electron chi connectivity index (χ2n) is 5.29. The fourth-order valence-electron chi connectivity index (χ4n) is 2.07. The number of amides is 2. The second-order valence-corrected chi connectivity index (χ2v) is 5.29. The zero-order valence-electron chi connectivity index (χ0n) is 13.4. The van der Waals surface area contributed by atoms with E-state index in [-0.39, 0.29) is 11.8 Å². The quantitative estimate of drug-likeness (QED) is 0.889. The van der Waals surface area contributed by atoms with E-state index >= 15 is 0 Å². The van der Waals surface area contributed by atoms with Gasteiger partial charge in [-0.2, -0.15) is 0 Å². The summed E-state index contributed by atoms with van der Waals surface area (Å²) >= 11 is 0. The zero-order valence-corrected chi connectivity index (χ0v) is 13.4. The van der Waals surface area contributed by atoms with Gasteiger partial charge in [0.25, 0.3) is 5.91 Å². The molecule has 0 aliphatic heterocycles. The molecule has 1 atom stereocenters. The molecule has 2 amide bonds. The maximum absolute atomic E-state index is 12.3. The molecule has 2 aromatic carbocycles. The Hall–Kier alpha value is -2.82. The van der Waals surface area contributed by atoms with Crippen molar-refractivity contribution in [1.82, 2.24) is 0 Å². The zero-order chi connectivity index (χ0) is 16.8. The van der Waals surface area contributed by atoms with Gasteiger partial charge in [-0.25, -0.2) is 0 Å². The Morgan fingerprint density at radius 3 is 2.26 bits per heavy atom. The van der Waals surface area contributed by atoms with Gasteiger partial charge in [-0.3, -0.25) is 9.59 Å². The van der Waals surface area contributed by atoms with Crippen molar-refractivity contribution < 1.29 is 14.3 Å². The Balaban J connectivity index is 2.05. The highest BCUT2D eigenvalue weighted by atomic mass is 16.5. The molecule has 2 N–H and O–H groups in total. The fourth-order valence-corrected chi connectivity index (χ4v) is 2.07. The highest BCUT2D eigenvalue weighted by Crippen LogP contribution is 2.21. The predicted molar refractivity (Wildman–Crippen MR) is 90.6 cm³/mol. The van der Waals surface area contributed by atoms with Crippen molar-refractivity contribution in [2.75, 3.05) is 10.6 Å². The monoisotopic (exact) mass is 312 g/mol. The summed E-state index contributed by atoms with van der Waals surface area (Å²) in [6.07, 6.45) is -0.665. The number of ether oxygens (including phenoxy) is 1. The van der Waals surface area contributed by atoms with Crippen LogP contribution in [0.25, 0.3) is 0 Å². The third kappa shape index (κ3) is 4.85. The lowest BCUT2D eigenvalue weighted by atomic mass is 10.2. The smallest absolute Gasteiger partial charge is 0.265 e. The van der Waals surface area contributed by atoms with Crippen LogP contribution < -0.4 is 15.4 Å². The summed E-state index contributed by atoms with van der Waals surface area (Å²) in [4.78, 5) is 23.5. The van der Waals surface area contributed by atoms with Crippen LogP contribution in [0.5, 0.6) is 5.75 Å². The second kappa shape index (κ2) is 7.45. The summed E-state index contributed by atoms with van der Waals surface area (Å²) in [6.45, 7) is 5.06. The molecule has 120 valence electrons. The molecule has 0 spiro atoms. The summed E-state index contributed by atoms with van der Waals surface area (Å²) in [5, 5.41) is 5.45. The standard InChI is InChI=1S/C18H20N2O3/c1-12-7-6-8-15(11-12)23-13(2)18(22)20-17-10-5-4-9-16(17)19-14(3)21/h4-11,13H,1-3H3,(H,19,21)(H,20,22)/t13-/m0/s1. The lowest BCUT2D eigenvalue weighted by Gasteiger charge is -2.16. The fraction of sp³-hybridized carbons (Fsp3) is 0.222. The largest absolute Gasteiger partial charge is 0.481 e. The van der Waals surface area contributed by atoms with E-state index in [0.29, 0.717) is 17.1 Å². The number of benzene rings is 2. The van der Waals surface area contributed by atoms with E-state index in [2.05, 4.69) is 10.6 Å². The Morgan fingerprint density at radius 2 is 1.65 bits per heavy atom. The third-order valence-electron chi connectivity index (χ3n) is 3.17. The van der Waals surface area contributed by atoms with Crippen molar-refractivity contribution in [2.24, 2.45) is 0 Å². The summed E-state index contributed by atoms with van der Waals surface area (Å²) in [6, 6.07) is 14.5. The van der Waals surface area contributed by atoms with Crippen LogP contribution in [-0.4, -0.2) is 17.9 Å². The molecule has 2 aromatic rings. The predicted octanol–water partition coefficient (Wildman–Crippen LogP) is 3.36. The molecule has 0 unspecified atom stereocenters. The molecule has 0 fully saturated rings. The normalized spacial score (nSPS) is 11.4. The SMILES string of the molecule is CC(=O)Nc1ccccc1NC(=O)[C@H](C)Oc1cccc(C)c1. The van der Waals surface area contributed by atoms with E-state index in [0.717, 1.165) is 5.56 Å². The van der Waals surface area contributed by atoms with Crippen LogP contribution in [0.4, 0.5) is 11.4 Å². The van der Waals surface area contributed by atoms with Gasteiger partial charge in [0.15, 0.2) is 6.10 Å². The Bertz CT molecular complexity index is 713. The van der Waals surface area contributed by atoms with Crippen LogP contribution in [0.3, 0.4) is 0 Å². The van der Waals surface area contributed by atoms with Crippen molar-refractivity contribution in [3.05, 3.63) is 54.1 Å². The molecule has 5 nitrogen and oxygen atoms in total. The van der Waals surface area contributed by atoms with Gasteiger partial charge >= 0.3 is 0 Å². The van der Waals surface area contributed by atoms with E-state index in [1.807, 2.05) is 31.2 Å².